The average molecular weight is 687 g/mol. The molecule has 1 amide bonds. The van der Waals surface area contributed by atoms with Crippen molar-refractivity contribution in [2.75, 3.05) is 17.7 Å². The highest BCUT2D eigenvalue weighted by Crippen LogP contribution is 2.34. The third-order valence-electron chi connectivity index (χ3n) is 6.82. The normalized spacial score (nSPS) is 11.5. The van der Waals surface area contributed by atoms with Crippen LogP contribution in [0.15, 0.2) is 78.9 Å². The molecule has 3 N–H and O–H groups in total. The monoisotopic (exact) mass is 686 g/mol. The van der Waals surface area contributed by atoms with E-state index in [1.807, 2.05) is 24.3 Å². The number of nitrogens with one attached hydrogen (secondary N) is 1. The Morgan fingerprint density at radius 3 is 2.18 bits per heavy atom. The zero-order valence-electron chi connectivity index (χ0n) is 25.7. The van der Waals surface area contributed by atoms with Gasteiger partial charge in [0.05, 0.1) is 22.3 Å². The summed E-state index contributed by atoms with van der Waals surface area (Å²) in [6.45, 7) is 4.18. The van der Waals surface area contributed by atoms with Crippen molar-refractivity contribution < 1.29 is 44.7 Å². The Labute approximate surface area is 275 Å². The molecule has 0 bridgehead atoms. The lowest BCUT2D eigenvalue weighted by atomic mass is 9.99. The summed E-state index contributed by atoms with van der Waals surface area (Å²) in [4.78, 5) is 21.7. The number of carbonyl (C=O) groups excluding carboxylic acids is 1. The number of nitrogen functional groups attached to an aromatic ring is 1. The molecule has 49 heavy (non-hydrogen) atoms. The van der Waals surface area contributed by atoms with Gasteiger partial charge in [0.25, 0.3) is 5.91 Å². The van der Waals surface area contributed by atoms with E-state index in [1.165, 1.54) is 0 Å². The van der Waals surface area contributed by atoms with E-state index in [4.69, 9.17) is 16.9 Å². The topological polar surface area (TPSA) is 90.1 Å². The summed E-state index contributed by atoms with van der Waals surface area (Å²) >= 11 is 0. The zero-order chi connectivity index (χ0) is 36.1. The zero-order valence-corrected chi connectivity index (χ0v) is 25.7. The lowest BCUT2D eigenvalue weighted by Crippen LogP contribution is -2.17. The van der Waals surface area contributed by atoms with Gasteiger partial charge in [-0.25, -0.2) is 18.7 Å². The van der Waals surface area contributed by atoms with Gasteiger partial charge < -0.3 is 15.8 Å². The highest BCUT2D eigenvalue weighted by Gasteiger charge is 2.34. The van der Waals surface area contributed by atoms with Crippen LogP contribution in [0.4, 0.5) is 46.5 Å². The number of nitrogens with two attached hydrogens (primary N) is 1. The Bertz CT molecular complexity index is 2000. The lowest BCUT2D eigenvalue weighted by molar-refractivity contribution is -0.140. The van der Waals surface area contributed by atoms with Gasteiger partial charge in [0.1, 0.15) is 24.0 Å². The van der Waals surface area contributed by atoms with E-state index in [-0.39, 0.29) is 23.8 Å². The number of fused-ring (bicyclic) bond motifs is 1. The molecular formula is C35H26F8N4O2. The third-order valence-corrected chi connectivity index (χ3v) is 6.82. The Balaban J connectivity index is 0.000000380. The van der Waals surface area contributed by atoms with Crippen LogP contribution in [0.25, 0.3) is 22.2 Å². The summed E-state index contributed by atoms with van der Waals surface area (Å²) in [6, 6.07) is 16.7. The molecule has 14 heteroatoms. The fraction of sp³-hybridized carbons (Fsp3) is 0.171. The number of rotatable bonds is 6. The van der Waals surface area contributed by atoms with E-state index in [0.29, 0.717) is 58.1 Å². The largest absolute Gasteiger partial charge is 0.481 e. The van der Waals surface area contributed by atoms with Crippen LogP contribution >= 0.6 is 0 Å². The number of anilines is 2. The molecule has 0 aliphatic carbocycles. The van der Waals surface area contributed by atoms with E-state index in [0.717, 1.165) is 17.7 Å². The highest BCUT2D eigenvalue weighted by atomic mass is 19.4. The first-order valence-corrected chi connectivity index (χ1v) is 14.3. The molecule has 6 nitrogen and oxygen atoms in total. The first kappa shape index (κ1) is 36.1. The molecule has 0 fully saturated rings. The lowest BCUT2D eigenvalue weighted by Gasteiger charge is -2.13. The van der Waals surface area contributed by atoms with Crippen molar-refractivity contribution in [2.45, 2.75) is 32.1 Å². The van der Waals surface area contributed by atoms with Gasteiger partial charge in [-0.15, -0.1) is 6.42 Å². The second-order valence-corrected chi connectivity index (χ2v) is 10.8. The van der Waals surface area contributed by atoms with Crippen LogP contribution in [0, 0.1) is 24.0 Å². The van der Waals surface area contributed by atoms with Crippen LogP contribution in [0.1, 0.15) is 47.1 Å². The number of nitrogens with zero attached hydrogens (tertiary/aromatic N) is 2. The van der Waals surface area contributed by atoms with E-state index in [9.17, 15) is 39.9 Å². The number of alkyl halides is 6. The summed E-state index contributed by atoms with van der Waals surface area (Å²) in [5.41, 5.74) is 4.61. The van der Waals surface area contributed by atoms with Gasteiger partial charge in [-0.2, -0.15) is 26.3 Å². The van der Waals surface area contributed by atoms with E-state index < -0.39 is 41.0 Å². The first-order chi connectivity index (χ1) is 23.0. The van der Waals surface area contributed by atoms with Crippen LogP contribution in [-0.4, -0.2) is 22.5 Å². The number of hydrogen-bond donors (Lipinski definition) is 2. The van der Waals surface area contributed by atoms with Crippen molar-refractivity contribution in [3.63, 3.8) is 0 Å². The minimum Gasteiger partial charge on any atom is -0.481 e. The van der Waals surface area contributed by atoms with E-state index >= 15 is 0 Å². The maximum Gasteiger partial charge on any atom is 0.419 e. The van der Waals surface area contributed by atoms with E-state index in [1.54, 1.807) is 18.2 Å². The van der Waals surface area contributed by atoms with Gasteiger partial charge in [0.2, 0.25) is 5.82 Å². The molecule has 4 aromatic carbocycles. The maximum atomic E-state index is 13.7. The number of aromatic nitrogens is 2. The molecule has 5 rings (SSSR count). The quantitative estimate of drug-likeness (QED) is 0.106. The molecule has 0 radical (unpaired) electrons. The van der Waals surface area contributed by atoms with Gasteiger partial charge in [-0.3, -0.25) is 4.79 Å². The molecule has 0 saturated heterocycles. The average Bonchev–Trinajstić information content (AvgIpc) is 3.03. The number of hydrogen-bond acceptors (Lipinski definition) is 5. The predicted molar refractivity (Wildman–Crippen MR) is 169 cm³/mol. The van der Waals surface area contributed by atoms with Crippen LogP contribution in [0.5, 0.6) is 5.75 Å². The summed E-state index contributed by atoms with van der Waals surface area (Å²) in [5, 5.41) is 2.91. The molecule has 5 aromatic rings. The van der Waals surface area contributed by atoms with Crippen molar-refractivity contribution in [1.82, 2.24) is 9.97 Å². The van der Waals surface area contributed by atoms with Gasteiger partial charge in [-0.1, -0.05) is 44.0 Å². The number of amides is 1. The maximum absolute atomic E-state index is 13.7. The van der Waals surface area contributed by atoms with Gasteiger partial charge in [-0.05, 0) is 66.1 Å². The Morgan fingerprint density at radius 1 is 0.898 bits per heavy atom. The number of terminal acetylenes is 1. The second-order valence-electron chi connectivity index (χ2n) is 10.8. The predicted octanol–water partition coefficient (Wildman–Crippen LogP) is 9.27. The Morgan fingerprint density at radius 2 is 1.59 bits per heavy atom. The standard InChI is InChI=1S/C28H21F4N3O2.C7H5F4N/c1-4-13-37-20-10-12-24-21(15-20)25(18-7-5-17(6-8-18)16(2)3)35-26(34-24)27(36)33-19-9-11-23(29)22(14-19)28(30,31)32;8-5-1-4(7(9,10)11)2-6(12)3-5/h1,5-12,14-16H,13H2,2-3H3,(H,33,36);1-3H,12H2. The molecule has 0 aliphatic rings. The van der Waals surface area contributed by atoms with Crippen molar-refractivity contribution >= 4 is 28.2 Å². The van der Waals surface area contributed by atoms with Crippen LogP contribution in [0.3, 0.4) is 0 Å². The first-order valence-electron chi connectivity index (χ1n) is 14.3. The van der Waals surface area contributed by atoms with Gasteiger partial charge in [0, 0.05) is 22.3 Å². The third kappa shape index (κ3) is 9.22. The molecule has 0 unspecified atom stereocenters. The molecule has 0 spiro atoms. The van der Waals surface area contributed by atoms with Crippen molar-refractivity contribution in [1.29, 1.82) is 0 Å². The number of benzene rings is 4. The SMILES string of the molecule is C#CCOc1ccc2nc(C(=O)Nc3ccc(F)c(C(F)(F)F)c3)nc(-c3ccc(C(C)C)cc3)c2c1.Nc1cc(F)cc(C(F)(F)F)c1. The summed E-state index contributed by atoms with van der Waals surface area (Å²) < 4.78 is 107. The molecule has 1 aromatic heterocycles. The second kappa shape index (κ2) is 14.6. The minimum absolute atomic E-state index is 0.0584. The molecular weight excluding hydrogens is 660 g/mol. The molecule has 0 aliphatic heterocycles. The van der Waals surface area contributed by atoms with Crippen molar-refractivity contribution in [3.8, 4) is 29.4 Å². The smallest absolute Gasteiger partial charge is 0.419 e. The molecule has 0 atom stereocenters. The fourth-order valence-electron chi connectivity index (χ4n) is 4.45. The number of ether oxygens (including phenoxy) is 1. The fourth-order valence-corrected chi connectivity index (χ4v) is 4.45. The molecule has 0 saturated carbocycles. The van der Waals surface area contributed by atoms with Crippen LogP contribution in [-0.2, 0) is 12.4 Å². The molecule has 254 valence electrons. The Hall–Kier alpha value is -5.71. The highest BCUT2D eigenvalue weighted by molar-refractivity contribution is 6.04. The summed E-state index contributed by atoms with van der Waals surface area (Å²) in [5.74, 6) is -0.372. The van der Waals surface area contributed by atoms with Crippen LogP contribution < -0.4 is 15.8 Å². The summed E-state index contributed by atoms with van der Waals surface area (Å²) in [7, 11) is 0. The minimum atomic E-state index is -4.92. The van der Waals surface area contributed by atoms with Crippen LogP contribution in [0.2, 0.25) is 0 Å². The van der Waals surface area contributed by atoms with E-state index in [2.05, 4.69) is 35.1 Å². The van der Waals surface area contributed by atoms with Crippen molar-refractivity contribution in [2.24, 2.45) is 0 Å². The number of halogens is 8. The Kier molecular flexibility index (Phi) is 10.8. The van der Waals surface area contributed by atoms with Crippen molar-refractivity contribution in [3.05, 3.63) is 113 Å². The van der Waals surface area contributed by atoms with Gasteiger partial charge in [0.15, 0.2) is 0 Å². The molecule has 1 heterocycles. The van der Waals surface area contributed by atoms with Gasteiger partial charge >= 0.3 is 12.4 Å². The summed E-state index contributed by atoms with van der Waals surface area (Å²) in [6.07, 6.45) is -4.18. The number of carbonyl (C=O) groups is 1.